The number of aryl methyl sites for hydroxylation is 2. The SMILES string of the molecule is CCCCc1nc(C)c(Br)n1CCC#N. The highest BCUT2D eigenvalue weighted by Gasteiger charge is 2.10. The molecular formula is C11H16BrN3. The van der Waals surface area contributed by atoms with Gasteiger partial charge in [-0.25, -0.2) is 4.98 Å². The number of hydrogen-bond donors (Lipinski definition) is 0. The molecule has 1 aromatic rings. The summed E-state index contributed by atoms with van der Waals surface area (Å²) in [6.45, 7) is 4.89. The second-order valence-electron chi connectivity index (χ2n) is 3.57. The molecule has 15 heavy (non-hydrogen) atoms. The van der Waals surface area contributed by atoms with E-state index >= 15 is 0 Å². The molecule has 0 aromatic carbocycles. The average molecular weight is 270 g/mol. The lowest BCUT2D eigenvalue weighted by Gasteiger charge is -2.06. The van der Waals surface area contributed by atoms with Gasteiger partial charge in [-0.3, -0.25) is 0 Å². The molecule has 3 nitrogen and oxygen atoms in total. The summed E-state index contributed by atoms with van der Waals surface area (Å²) in [5.74, 6) is 1.09. The molecule has 4 heteroatoms. The molecule has 0 amide bonds. The fourth-order valence-corrected chi connectivity index (χ4v) is 1.99. The van der Waals surface area contributed by atoms with E-state index in [0.717, 1.165) is 35.5 Å². The van der Waals surface area contributed by atoms with E-state index in [4.69, 9.17) is 5.26 Å². The van der Waals surface area contributed by atoms with E-state index in [1.807, 2.05) is 6.92 Å². The van der Waals surface area contributed by atoms with Crippen LogP contribution in [0.1, 0.15) is 37.7 Å². The molecule has 1 heterocycles. The zero-order valence-electron chi connectivity index (χ0n) is 9.26. The third kappa shape index (κ3) is 3.07. The minimum Gasteiger partial charge on any atom is -0.322 e. The fraction of sp³-hybridized carbons (Fsp3) is 0.636. The normalized spacial score (nSPS) is 10.3. The van der Waals surface area contributed by atoms with E-state index in [0.29, 0.717) is 6.42 Å². The third-order valence-corrected chi connectivity index (χ3v) is 3.35. The Labute approximate surface area is 99.2 Å². The summed E-state index contributed by atoms with van der Waals surface area (Å²) in [7, 11) is 0. The molecule has 82 valence electrons. The topological polar surface area (TPSA) is 41.6 Å². The maximum atomic E-state index is 8.59. The van der Waals surface area contributed by atoms with Crippen LogP contribution in [0, 0.1) is 18.3 Å². The number of hydrogen-bond acceptors (Lipinski definition) is 2. The Morgan fingerprint density at radius 2 is 2.27 bits per heavy atom. The van der Waals surface area contributed by atoms with Crippen LogP contribution in [-0.2, 0) is 13.0 Å². The number of nitrogens with zero attached hydrogens (tertiary/aromatic N) is 3. The van der Waals surface area contributed by atoms with Gasteiger partial charge in [0, 0.05) is 13.0 Å². The van der Waals surface area contributed by atoms with E-state index in [-0.39, 0.29) is 0 Å². The van der Waals surface area contributed by atoms with Crippen molar-refractivity contribution in [2.45, 2.75) is 46.1 Å². The van der Waals surface area contributed by atoms with Crippen LogP contribution in [0.2, 0.25) is 0 Å². The van der Waals surface area contributed by atoms with Crippen LogP contribution in [-0.4, -0.2) is 9.55 Å². The number of imidazole rings is 1. The Bertz CT molecular complexity index is 363. The lowest BCUT2D eigenvalue weighted by molar-refractivity contribution is 0.631. The molecule has 0 fully saturated rings. The molecule has 0 aliphatic carbocycles. The summed E-state index contributed by atoms with van der Waals surface area (Å²) in [6.07, 6.45) is 3.85. The predicted molar refractivity (Wildman–Crippen MR) is 63.5 cm³/mol. The van der Waals surface area contributed by atoms with Crippen molar-refractivity contribution in [3.63, 3.8) is 0 Å². The van der Waals surface area contributed by atoms with Gasteiger partial charge >= 0.3 is 0 Å². The zero-order valence-corrected chi connectivity index (χ0v) is 10.8. The predicted octanol–water partition coefficient (Wildman–Crippen LogP) is 3.21. The van der Waals surface area contributed by atoms with E-state index in [2.05, 4.69) is 38.5 Å². The summed E-state index contributed by atoms with van der Waals surface area (Å²) in [5, 5.41) is 8.59. The molecule has 0 bridgehead atoms. The van der Waals surface area contributed by atoms with Crippen molar-refractivity contribution >= 4 is 15.9 Å². The minimum atomic E-state index is 0.535. The van der Waals surface area contributed by atoms with Crippen molar-refractivity contribution in [3.05, 3.63) is 16.1 Å². The largest absolute Gasteiger partial charge is 0.322 e. The van der Waals surface area contributed by atoms with E-state index < -0.39 is 0 Å². The van der Waals surface area contributed by atoms with Gasteiger partial charge in [-0.2, -0.15) is 5.26 Å². The Morgan fingerprint density at radius 1 is 1.53 bits per heavy atom. The van der Waals surface area contributed by atoms with Gasteiger partial charge in [-0.05, 0) is 29.3 Å². The monoisotopic (exact) mass is 269 g/mol. The van der Waals surface area contributed by atoms with Crippen molar-refractivity contribution in [2.24, 2.45) is 0 Å². The van der Waals surface area contributed by atoms with Crippen molar-refractivity contribution in [2.75, 3.05) is 0 Å². The maximum absolute atomic E-state index is 8.59. The molecule has 0 radical (unpaired) electrons. The second kappa shape index (κ2) is 5.92. The molecule has 0 N–H and O–H groups in total. The Balaban J connectivity index is 2.84. The average Bonchev–Trinajstić information content (AvgIpc) is 2.50. The summed E-state index contributed by atoms with van der Waals surface area (Å²) in [6, 6.07) is 2.17. The van der Waals surface area contributed by atoms with Gasteiger partial charge < -0.3 is 4.57 Å². The number of aromatic nitrogens is 2. The highest BCUT2D eigenvalue weighted by molar-refractivity contribution is 9.10. The Hall–Kier alpha value is -0.820. The van der Waals surface area contributed by atoms with Crippen LogP contribution in [0.15, 0.2) is 4.60 Å². The summed E-state index contributed by atoms with van der Waals surface area (Å²) in [4.78, 5) is 4.51. The fourth-order valence-electron chi connectivity index (χ4n) is 1.52. The van der Waals surface area contributed by atoms with Gasteiger partial charge in [0.1, 0.15) is 10.4 Å². The Kier molecular flexibility index (Phi) is 4.83. The number of halogens is 1. The van der Waals surface area contributed by atoms with E-state index in [1.54, 1.807) is 0 Å². The highest BCUT2D eigenvalue weighted by atomic mass is 79.9. The quantitative estimate of drug-likeness (QED) is 0.824. The molecule has 0 spiro atoms. The van der Waals surface area contributed by atoms with Crippen molar-refractivity contribution in [3.8, 4) is 6.07 Å². The van der Waals surface area contributed by atoms with Crippen LogP contribution in [0.3, 0.4) is 0 Å². The van der Waals surface area contributed by atoms with Crippen LogP contribution < -0.4 is 0 Å². The Morgan fingerprint density at radius 3 is 2.87 bits per heavy atom. The zero-order chi connectivity index (χ0) is 11.3. The van der Waals surface area contributed by atoms with E-state index in [1.165, 1.54) is 6.42 Å². The van der Waals surface area contributed by atoms with Gasteiger partial charge in [-0.15, -0.1) is 0 Å². The first kappa shape index (κ1) is 12.3. The number of rotatable bonds is 5. The lowest BCUT2D eigenvalue weighted by atomic mass is 10.2. The molecule has 0 aliphatic heterocycles. The van der Waals surface area contributed by atoms with Gasteiger partial charge in [0.15, 0.2) is 0 Å². The van der Waals surface area contributed by atoms with Crippen molar-refractivity contribution < 1.29 is 0 Å². The lowest BCUT2D eigenvalue weighted by Crippen LogP contribution is -2.04. The van der Waals surface area contributed by atoms with Crippen LogP contribution in [0.25, 0.3) is 0 Å². The molecule has 1 aromatic heterocycles. The summed E-state index contributed by atoms with van der Waals surface area (Å²) >= 11 is 3.51. The van der Waals surface area contributed by atoms with Crippen molar-refractivity contribution in [1.29, 1.82) is 5.26 Å². The smallest absolute Gasteiger partial charge is 0.109 e. The standard InChI is InChI=1S/C11H16BrN3/c1-3-4-6-10-14-9(2)11(12)15(10)8-5-7-13/h3-6,8H2,1-2H3. The molecule has 0 saturated carbocycles. The molecule has 0 unspecified atom stereocenters. The van der Waals surface area contributed by atoms with Gasteiger partial charge in [0.25, 0.3) is 0 Å². The first-order valence-corrected chi connectivity index (χ1v) is 6.08. The third-order valence-electron chi connectivity index (χ3n) is 2.35. The van der Waals surface area contributed by atoms with Crippen molar-refractivity contribution in [1.82, 2.24) is 9.55 Å². The van der Waals surface area contributed by atoms with Crippen LogP contribution in [0.4, 0.5) is 0 Å². The summed E-state index contributed by atoms with van der Waals surface area (Å²) < 4.78 is 3.12. The van der Waals surface area contributed by atoms with Gasteiger partial charge in [0.05, 0.1) is 18.2 Å². The molecule has 0 saturated heterocycles. The second-order valence-corrected chi connectivity index (χ2v) is 4.32. The molecule has 1 rings (SSSR count). The number of unbranched alkanes of at least 4 members (excludes halogenated alkanes) is 1. The van der Waals surface area contributed by atoms with E-state index in [9.17, 15) is 0 Å². The van der Waals surface area contributed by atoms with Crippen LogP contribution in [0.5, 0.6) is 0 Å². The number of nitriles is 1. The molecule has 0 atom stereocenters. The molecule has 0 aliphatic rings. The highest BCUT2D eigenvalue weighted by Crippen LogP contribution is 2.19. The first-order valence-electron chi connectivity index (χ1n) is 5.29. The minimum absolute atomic E-state index is 0.535. The molecular weight excluding hydrogens is 254 g/mol. The maximum Gasteiger partial charge on any atom is 0.109 e. The first-order chi connectivity index (χ1) is 7.20. The van der Waals surface area contributed by atoms with Crippen LogP contribution >= 0.6 is 15.9 Å². The summed E-state index contributed by atoms with van der Waals surface area (Å²) in [5.41, 5.74) is 1.01. The van der Waals surface area contributed by atoms with Gasteiger partial charge in [-0.1, -0.05) is 13.3 Å². The van der Waals surface area contributed by atoms with Gasteiger partial charge in [0.2, 0.25) is 0 Å².